The Morgan fingerprint density at radius 1 is 1.06 bits per heavy atom. The zero-order valence-electron chi connectivity index (χ0n) is 20.4. The number of ether oxygens (including phenoxy) is 3. The standard InChI is InChI=1S/C26H28Cl2N4O4/c1-4-7-20-23(25(33)35-6-3)24(32-26(31-20)29-15-30-32)16-9-11-21(22(12-16)34-5-2)36-14-17-8-10-18(27)13-19(17)28/h8-13,15,24H,4-7,14H2,1-3H3,(H,29,30,31)/t24-/m1/s1. The highest BCUT2D eigenvalue weighted by atomic mass is 35.5. The molecule has 2 heterocycles. The van der Waals surface area contributed by atoms with Gasteiger partial charge in [0.05, 0.1) is 18.8 Å². The number of anilines is 1. The number of carbonyl (C=O) groups excluding carboxylic acids is 1. The Labute approximate surface area is 220 Å². The summed E-state index contributed by atoms with van der Waals surface area (Å²) in [5, 5.41) is 8.74. The molecule has 8 nitrogen and oxygen atoms in total. The van der Waals surface area contributed by atoms with Crippen LogP contribution in [-0.4, -0.2) is 33.9 Å². The first kappa shape index (κ1) is 25.9. The van der Waals surface area contributed by atoms with Crippen molar-refractivity contribution in [3.63, 3.8) is 0 Å². The van der Waals surface area contributed by atoms with Gasteiger partial charge >= 0.3 is 5.97 Å². The minimum Gasteiger partial charge on any atom is -0.490 e. The molecule has 190 valence electrons. The summed E-state index contributed by atoms with van der Waals surface area (Å²) in [4.78, 5) is 17.5. The summed E-state index contributed by atoms with van der Waals surface area (Å²) in [5.74, 6) is 1.26. The lowest BCUT2D eigenvalue weighted by Gasteiger charge is -2.29. The Bertz CT molecular complexity index is 1270. The smallest absolute Gasteiger partial charge is 0.338 e. The van der Waals surface area contributed by atoms with E-state index < -0.39 is 12.0 Å². The molecule has 0 amide bonds. The van der Waals surface area contributed by atoms with Crippen molar-refractivity contribution in [2.75, 3.05) is 18.5 Å². The highest BCUT2D eigenvalue weighted by molar-refractivity contribution is 6.35. The first-order valence-electron chi connectivity index (χ1n) is 11.9. The minimum absolute atomic E-state index is 0.241. The summed E-state index contributed by atoms with van der Waals surface area (Å²) >= 11 is 12.3. The molecular formula is C26H28Cl2N4O4. The Kier molecular flexibility index (Phi) is 8.38. The largest absolute Gasteiger partial charge is 0.490 e. The van der Waals surface area contributed by atoms with Crippen molar-refractivity contribution in [3.8, 4) is 11.5 Å². The topological polar surface area (TPSA) is 87.5 Å². The fourth-order valence-electron chi connectivity index (χ4n) is 4.09. The quantitative estimate of drug-likeness (QED) is 0.312. The maximum atomic E-state index is 13.1. The van der Waals surface area contributed by atoms with Crippen LogP contribution in [0.15, 0.2) is 54.0 Å². The van der Waals surface area contributed by atoms with Gasteiger partial charge in [-0.1, -0.05) is 48.7 Å². The van der Waals surface area contributed by atoms with Crippen LogP contribution < -0.4 is 14.8 Å². The van der Waals surface area contributed by atoms with Gasteiger partial charge in [0.1, 0.15) is 19.0 Å². The molecule has 0 fully saturated rings. The van der Waals surface area contributed by atoms with Crippen molar-refractivity contribution >= 4 is 35.1 Å². The molecule has 0 saturated carbocycles. The molecule has 36 heavy (non-hydrogen) atoms. The van der Waals surface area contributed by atoms with Gasteiger partial charge < -0.3 is 19.5 Å². The molecule has 0 aliphatic carbocycles. The van der Waals surface area contributed by atoms with Crippen LogP contribution in [0.5, 0.6) is 11.5 Å². The van der Waals surface area contributed by atoms with E-state index in [2.05, 4.69) is 22.3 Å². The van der Waals surface area contributed by atoms with Gasteiger partial charge in [0.15, 0.2) is 11.5 Å². The number of rotatable bonds is 10. The second kappa shape index (κ2) is 11.7. The molecule has 1 N–H and O–H groups in total. The van der Waals surface area contributed by atoms with E-state index in [9.17, 15) is 4.79 Å². The fraction of sp³-hybridized carbons (Fsp3) is 0.346. The monoisotopic (exact) mass is 530 g/mol. The number of carbonyl (C=O) groups is 1. The Morgan fingerprint density at radius 2 is 1.89 bits per heavy atom. The third-order valence-electron chi connectivity index (χ3n) is 5.66. The first-order valence-corrected chi connectivity index (χ1v) is 12.6. The lowest BCUT2D eigenvalue weighted by molar-refractivity contribution is -0.139. The molecule has 1 aliphatic heterocycles. The molecule has 1 aromatic heterocycles. The van der Waals surface area contributed by atoms with Gasteiger partial charge in [-0.05, 0) is 50.1 Å². The average Bonchev–Trinajstić information content (AvgIpc) is 3.32. The van der Waals surface area contributed by atoms with Gasteiger partial charge in [0, 0.05) is 21.3 Å². The predicted octanol–water partition coefficient (Wildman–Crippen LogP) is 6.19. The predicted molar refractivity (Wildman–Crippen MR) is 139 cm³/mol. The van der Waals surface area contributed by atoms with Crippen molar-refractivity contribution in [3.05, 3.63) is 75.2 Å². The summed E-state index contributed by atoms with van der Waals surface area (Å²) in [6.45, 7) is 6.68. The highest BCUT2D eigenvalue weighted by Crippen LogP contribution is 2.40. The number of aromatic nitrogens is 3. The van der Waals surface area contributed by atoms with Gasteiger partial charge in [0.25, 0.3) is 0 Å². The Hall–Kier alpha value is -3.23. The van der Waals surface area contributed by atoms with E-state index in [0.717, 1.165) is 23.2 Å². The average molecular weight is 531 g/mol. The molecule has 0 radical (unpaired) electrons. The summed E-state index contributed by atoms with van der Waals surface area (Å²) < 4.78 is 19.1. The van der Waals surface area contributed by atoms with E-state index in [1.165, 1.54) is 6.33 Å². The first-order chi connectivity index (χ1) is 17.5. The number of halogens is 2. The molecule has 4 rings (SSSR count). The SMILES string of the molecule is CCCC1=C(C(=O)OCC)[C@@H](c2ccc(OCc3ccc(Cl)cc3Cl)c(OCC)c2)n2ncnc2N1. The molecule has 1 atom stereocenters. The van der Waals surface area contributed by atoms with E-state index in [1.807, 2.05) is 31.2 Å². The number of nitrogens with one attached hydrogen (secondary N) is 1. The van der Waals surface area contributed by atoms with Crippen LogP contribution in [0.1, 0.15) is 50.8 Å². The number of hydrogen-bond donors (Lipinski definition) is 1. The molecule has 0 saturated heterocycles. The van der Waals surface area contributed by atoms with Crippen molar-refractivity contribution in [2.24, 2.45) is 0 Å². The normalized spacial score (nSPS) is 14.8. The van der Waals surface area contributed by atoms with E-state index in [0.29, 0.717) is 46.1 Å². The molecule has 3 aromatic rings. The van der Waals surface area contributed by atoms with Crippen molar-refractivity contribution in [1.82, 2.24) is 14.8 Å². The minimum atomic E-state index is -0.539. The molecule has 10 heteroatoms. The summed E-state index contributed by atoms with van der Waals surface area (Å²) in [7, 11) is 0. The highest BCUT2D eigenvalue weighted by Gasteiger charge is 2.35. The summed E-state index contributed by atoms with van der Waals surface area (Å²) in [6.07, 6.45) is 2.97. The van der Waals surface area contributed by atoms with Crippen LogP contribution in [0, 0.1) is 0 Å². The van der Waals surface area contributed by atoms with Crippen molar-refractivity contribution in [1.29, 1.82) is 0 Å². The van der Waals surface area contributed by atoms with E-state index in [1.54, 1.807) is 23.7 Å². The van der Waals surface area contributed by atoms with Crippen LogP contribution >= 0.6 is 23.2 Å². The van der Waals surface area contributed by atoms with Crippen LogP contribution in [0.4, 0.5) is 5.95 Å². The lowest BCUT2D eigenvalue weighted by Crippen LogP contribution is -2.30. The lowest BCUT2D eigenvalue weighted by atomic mass is 9.93. The van der Waals surface area contributed by atoms with Gasteiger partial charge in [-0.2, -0.15) is 10.1 Å². The van der Waals surface area contributed by atoms with E-state index in [-0.39, 0.29) is 13.2 Å². The maximum Gasteiger partial charge on any atom is 0.338 e. The molecular weight excluding hydrogens is 503 g/mol. The number of hydrogen-bond acceptors (Lipinski definition) is 7. The third kappa shape index (κ3) is 5.44. The zero-order valence-corrected chi connectivity index (χ0v) is 21.9. The van der Waals surface area contributed by atoms with Gasteiger partial charge in [0.2, 0.25) is 5.95 Å². The maximum absolute atomic E-state index is 13.1. The van der Waals surface area contributed by atoms with Gasteiger partial charge in [-0.3, -0.25) is 0 Å². The van der Waals surface area contributed by atoms with Crippen molar-refractivity contribution < 1.29 is 19.0 Å². The summed E-state index contributed by atoms with van der Waals surface area (Å²) in [6, 6.07) is 10.3. The van der Waals surface area contributed by atoms with Crippen LogP contribution in [0.3, 0.4) is 0 Å². The van der Waals surface area contributed by atoms with Gasteiger partial charge in [-0.15, -0.1) is 0 Å². The number of esters is 1. The van der Waals surface area contributed by atoms with Gasteiger partial charge in [-0.25, -0.2) is 9.48 Å². The second-order valence-corrected chi connectivity index (χ2v) is 8.93. The third-order valence-corrected chi connectivity index (χ3v) is 6.24. The number of nitrogens with zero attached hydrogens (tertiary/aromatic N) is 3. The molecule has 0 spiro atoms. The molecule has 1 aliphatic rings. The molecule has 2 aromatic carbocycles. The van der Waals surface area contributed by atoms with Crippen LogP contribution in [-0.2, 0) is 16.1 Å². The number of allylic oxidation sites excluding steroid dienone is 1. The van der Waals surface area contributed by atoms with E-state index >= 15 is 0 Å². The Balaban J connectivity index is 1.73. The number of fused-ring (bicyclic) bond motifs is 1. The number of benzene rings is 2. The van der Waals surface area contributed by atoms with Crippen molar-refractivity contribution in [2.45, 2.75) is 46.3 Å². The van der Waals surface area contributed by atoms with E-state index in [4.69, 9.17) is 37.4 Å². The summed E-state index contributed by atoms with van der Waals surface area (Å²) in [5.41, 5.74) is 2.87. The fourth-order valence-corrected chi connectivity index (χ4v) is 4.56. The second-order valence-electron chi connectivity index (χ2n) is 8.08. The molecule has 0 unspecified atom stereocenters. The van der Waals surface area contributed by atoms with Crippen LogP contribution in [0.25, 0.3) is 0 Å². The van der Waals surface area contributed by atoms with Crippen LogP contribution in [0.2, 0.25) is 10.0 Å². The molecule has 0 bridgehead atoms. The zero-order chi connectivity index (χ0) is 25.7. The Morgan fingerprint density at radius 3 is 2.61 bits per heavy atom.